The summed E-state index contributed by atoms with van der Waals surface area (Å²) in [6.45, 7) is 0.0305. The lowest BCUT2D eigenvalue weighted by atomic mass is 10.1. The molecule has 0 aliphatic rings. The smallest absolute Gasteiger partial charge is 0.250 e. The quantitative estimate of drug-likeness (QED) is 0.307. The van der Waals surface area contributed by atoms with Crippen LogP contribution in [0, 0.1) is 0 Å². The molecule has 16 heavy (non-hydrogen) atoms. The van der Waals surface area contributed by atoms with Gasteiger partial charge in [-0.3, -0.25) is 0 Å². The van der Waals surface area contributed by atoms with E-state index in [9.17, 15) is 8.78 Å². The normalized spacial score (nSPS) is 12.1. The molecule has 0 aliphatic heterocycles. The summed E-state index contributed by atoms with van der Waals surface area (Å²) >= 11 is 0. The highest BCUT2D eigenvalue weighted by atomic mass is 19.3. The summed E-state index contributed by atoms with van der Waals surface area (Å²) in [5.41, 5.74) is 6.81. The Morgan fingerprint density at radius 3 is 2.50 bits per heavy atom. The molecule has 0 spiro atoms. The van der Waals surface area contributed by atoms with Gasteiger partial charge in [0.25, 0.3) is 6.43 Å². The monoisotopic (exact) mass is 229 g/mol. The molecule has 0 saturated heterocycles. The Bertz CT molecular complexity index is 352. The number of rotatable bonds is 5. The molecular weight excluding hydrogens is 216 g/mol. The lowest BCUT2D eigenvalue weighted by Gasteiger charge is -2.05. The number of alkyl halides is 2. The summed E-state index contributed by atoms with van der Waals surface area (Å²) in [6, 6.07) is 6.78. The molecule has 0 aromatic heterocycles. The number of oxime groups is 1. The van der Waals surface area contributed by atoms with E-state index in [-0.39, 0.29) is 12.4 Å². The van der Waals surface area contributed by atoms with Crippen molar-refractivity contribution < 1.29 is 14.0 Å². The number of nitrogens with zero attached hydrogens (tertiary/aromatic N) is 1. The molecule has 4 N–H and O–H groups in total. The highest BCUT2D eigenvalue weighted by Gasteiger charge is 2.02. The van der Waals surface area contributed by atoms with E-state index in [0.717, 1.165) is 5.56 Å². The molecule has 88 valence electrons. The number of halogens is 2. The third kappa shape index (κ3) is 3.82. The van der Waals surface area contributed by atoms with E-state index in [1.165, 1.54) is 0 Å². The number of benzene rings is 1. The van der Waals surface area contributed by atoms with Crippen molar-refractivity contribution in [3.63, 3.8) is 0 Å². The predicted molar refractivity (Wildman–Crippen MR) is 56.7 cm³/mol. The SMILES string of the molecule is N/C(=N/O)c1ccc(CNCC(F)F)cc1. The van der Waals surface area contributed by atoms with Gasteiger partial charge in [-0.05, 0) is 5.56 Å². The maximum absolute atomic E-state index is 11.8. The van der Waals surface area contributed by atoms with E-state index in [1.54, 1.807) is 24.3 Å². The second-order valence-electron chi connectivity index (χ2n) is 3.20. The van der Waals surface area contributed by atoms with Crippen LogP contribution in [0.25, 0.3) is 0 Å². The highest BCUT2D eigenvalue weighted by Crippen LogP contribution is 2.04. The van der Waals surface area contributed by atoms with E-state index in [4.69, 9.17) is 10.9 Å². The van der Waals surface area contributed by atoms with Crippen LogP contribution < -0.4 is 11.1 Å². The first-order valence-corrected chi connectivity index (χ1v) is 4.69. The number of hydrogen-bond donors (Lipinski definition) is 3. The van der Waals surface area contributed by atoms with E-state index >= 15 is 0 Å². The first-order valence-electron chi connectivity index (χ1n) is 4.69. The molecule has 0 heterocycles. The minimum absolute atomic E-state index is 0.0205. The van der Waals surface area contributed by atoms with E-state index in [2.05, 4.69) is 10.5 Å². The fourth-order valence-electron chi connectivity index (χ4n) is 1.18. The third-order valence-electron chi connectivity index (χ3n) is 1.99. The van der Waals surface area contributed by atoms with Gasteiger partial charge in [0, 0.05) is 12.1 Å². The second kappa shape index (κ2) is 6.02. The third-order valence-corrected chi connectivity index (χ3v) is 1.99. The Labute approximate surface area is 91.8 Å². The van der Waals surface area contributed by atoms with Gasteiger partial charge < -0.3 is 16.3 Å². The summed E-state index contributed by atoms with van der Waals surface area (Å²) in [5.74, 6) is 0.0205. The van der Waals surface area contributed by atoms with Gasteiger partial charge in [0.15, 0.2) is 5.84 Å². The minimum atomic E-state index is -2.35. The summed E-state index contributed by atoms with van der Waals surface area (Å²) in [7, 11) is 0. The zero-order chi connectivity index (χ0) is 12.0. The average Bonchev–Trinajstić information content (AvgIpc) is 2.28. The molecule has 1 aromatic carbocycles. The van der Waals surface area contributed by atoms with Crippen molar-refractivity contribution in [2.45, 2.75) is 13.0 Å². The highest BCUT2D eigenvalue weighted by molar-refractivity contribution is 5.96. The predicted octanol–water partition coefficient (Wildman–Crippen LogP) is 1.14. The van der Waals surface area contributed by atoms with Crippen molar-refractivity contribution in [2.24, 2.45) is 10.9 Å². The zero-order valence-electron chi connectivity index (χ0n) is 8.53. The van der Waals surface area contributed by atoms with Crippen LogP contribution in [0.3, 0.4) is 0 Å². The summed E-state index contributed by atoms with van der Waals surface area (Å²) in [4.78, 5) is 0. The van der Waals surface area contributed by atoms with Gasteiger partial charge in [-0.1, -0.05) is 29.4 Å². The van der Waals surface area contributed by atoms with Crippen LogP contribution in [0.1, 0.15) is 11.1 Å². The van der Waals surface area contributed by atoms with Gasteiger partial charge in [0.2, 0.25) is 0 Å². The fraction of sp³-hybridized carbons (Fsp3) is 0.300. The molecule has 1 rings (SSSR count). The fourth-order valence-corrected chi connectivity index (χ4v) is 1.18. The number of nitrogens with two attached hydrogens (primary N) is 1. The molecule has 0 unspecified atom stereocenters. The van der Waals surface area contributed by atoms with Crippen molar-refractivity contribution in [1.29, 1.82) is 0 Å². The Balaban J connectivity index is 2.52. The molecule has 0 bridgehead atoms. The minimum Gasteiger partial charge on any atom is -0.409 e. The zero-order valence-corrected chi connectivity index (χ0v) is 8.53. The van der Waals surface area contributed by atoms with E-state index < -0.39 is 6.43 Å². The largest absolute Gasteiger partial charge is 0.409 e. The van der Waals surface area contributed by atoms with Crippen LogP contribution in [-0.2, 0) is 6.54 Å². The van der Waals surface area contributed by atoms with Gasteiger partial charge in [0.1, 0.15) is 0 Å². The average molecular weight is 229 g/mol. The molecule has 1 aromatic rings. The summed E-state index contributed by atoms with van der Waals surface area (Å²) < 4.78 is 23.7. The number of hydrogen-bond acceptors (Lipinski definition) is 3. The van der Waals surface area contributed by atoms with Crippen molar-refractivity contribution >= 4 is 5.84 Å². The Kier molecular flexibility index (Phi) is 4.65. The van der Waals surface area contributed by atoms with Gasteiger partial charge in [-0.15, -0.1) is 0 Å². The van der Waals surface area contributed by atoms with Gasteiger partial charge in [0.05, 0.1) is 6.54 Å². The van der Waals surface area contributed by atoms with Crippen molar-refractivity contribution in [3.8, 4) is 0 Å². The van der Waals surface area contributed by atoms with Crippen LogP contribution in [0.15, 0.2) is 29.4 Å². The van der Waals surface area contributed by atoms with Crippen molar-refractivity contribution in [1.82, 2.24) is 5.32 Å². The Hall–Kier alpha value is -1.69. The lowest BCUT2D eigenvalue weighted by molar-refractivity contribution is 0.145. The van der Waals surface area contributed by atoms with Crippen molar-refractivity contribution in [3.05, 3.63) is 35.4 Å². The molecule has 0 aliphatic carbocycles. The van der Waals surface area contributed by atoms with Crippen LogP contribution in [0.5, 0.6) is 0 Å². The molecule has 0 saturated carbocycles. The maximum Gasteiger partial charge on any atom is 0.250 e. The number of amidine groups is 1. The molecule has 0 atom stereocenters. The Morgan fingerprint density at radius 2 is 2.00 bits per heavy atom. The van der Waals surface area contributed by atoms with Gasteiger partial charge in [-0.2, -0.15) is 0 Å². The second-order valence-corrected chi connectivity index (χ2v) is 3.20. The molecular formula is C10H13F2N3O. The van der Waals surface area contributed by atoms with Crippen molar-refractivity contribution in [2.75, 3.05) is 6.54 Å². The number of nitrogens with one attached hydrogen (secondary N) is 1. The van der Waals surface area contributed by atoms with Crippen LogP contribution in [0.2, 0.25) is 0 Å². The van der Waals surface area contributed by atoms with Gasteiger partial charge >= 0.3 is 0 Å². The first-order chi connectivity index (χ1) is 7.63. The standard InChI is InChI=1S/C10H13F2N3O/c11-9(12)6-14-5-7-1-3-8(4-2-7)10(13)15-16/h1-4,9,14,16H,5-6H2,(H2,13,15). The molecule has 6 heteroatoms. The molecule has 4 nitrogen and oxygen atoms in total. The maximum atomic E-state index is 11.8. The molecule has 0 radical (unpaired) electrons. The Morgan fingerprint density at radius 1 is 1.38 bits per heavy atom. The lowest BCUT2D eigenvalue weighted by Crippen LogP contribution is -2.20. The summed E-state index contributed by atoms with van der Waals surface area (Å²) in [6.07, 6.45) is -2.35. The van der Waals surface area contributed by atoms with Crippen LogP contribution >= 0.6 is 0 Å². The first kappa shape index (κ1) is 12.4. The molecule has 0 fully saturated rings. The van der Waals surface area contributed by atoms with E-state index in [1.807, 2.05) is 0 Å². The topological polar surface area (TPSA) is 70.6 Å². The molecule has 0 amide bonds. The van der Waals surface area contributed by atoms with Crippen LogP contribution in [0.4, 0.5) is 8.78 Å². The van der Waals surface area contributed by atoms with Gasteiger partial charge in [-0.25, -0.2) is 8.78 Å². The van der Waals surface area contributed by atoms with E-state index in [0.29, 0.717) is 12.1 Å². The van der Waals surface area contributed by atoms with Crippen LogP contribution in [-0.4, -0.2) is 24.0 Å². The summed E-state index contributed by atoms with van der Waals surface area (Å²) in [5, 5.41) is 13.9.